The molecule has 0 aromatic carbocycles. The molecule has 0 aliphatic heterocycles. The summed E-state index contributed by atoms with van der Waals surface area (Å²) >= 11 is 0. The number of carbonyl (C=O) groups is 2. The Bertz CT molecular complexity index is 973. The van der Waals surface area contributed by atoms with E-state index in [1.807, 2.05) is 0 Å². The minimum atomic E-state index is -0.133. The summed E-state index contributed by atoms with van der Waals surface area (Å²) in [5.74, 6) is 2.46. The number of allylic oxidation sites excluding steroid dienone is 2. The molecule has 5 aliphatic carbocycles. The maximum absolute atomic E-state index is 13.3. The molecule has 3 heteroatoms. The fourth-order valence-electron chi connectivity index (χ4n) is 11.3. The lowest BCUT2D eigenvalue weighted by Gasteiger charge is -2.72. The van der Waals surface area contributed by atoms with Crippen molar-refractivity contribution in [3.8, 4) is 0 Å². The molecule has 0 bridgehead atoms. The molecular weight excluding hydrogens is 432 g/mol. The van der Waals surface area contributed by atoms with Crippen molar-refractivity contribution < 1.29 is 14.3 Å². The molecule has 0 amide bonds. The van der Waals surface area contributed by atoms with Crippen LogP contribution in [0.25, 0.3) is 0 Å². The van der Waals surface area contributed by atoms with Gasteiger partial charge in [-0.1, -0.05) is 61.0 Å². The molecule has 5 rings (SSSR count). The molecule has 3 nitrogen and oxygen atoms in total. The summed E-state index contributed by atoms with van der Waals surface area (Å²) in [4.78, 5) is 25.1. The first-order chi connectivity index (χ1) is 16.1. The first-order valence-corrected chi connectivity index (χ1v) is 14.6. The third-order valence-electron chi connectivity index (χ3n) is 13.0. The lowest BCUT2D eigenvalue weighted by Crippen LogP contribution is -2.65. The van der Waals surface area contributed by atoms with Gasteiger partial charge in [0.25, 0.3) is 0 Å². The van der Waals surface area contributed by atoms with Crippen molar-refractivity contribution in [3.05, 3.63) is 11.1 Å². The number of esters is 1. The highest BCUT2D eigenvalue weighted by molar-refractivity contribution is 6.00. The molecule has 196 valence electrons. The summed E-state index contributed by atoms with van der Waals surface area (Å²) in [6.07, 6.45) is 10.3. The maximum Gasteiger partial charge on any atom is 0.302 e. The van der Waals surface area contributed by atoms with Gasteiger partial charge in [-0.15, -0.1) is 0 Å². The van der Waals surface area contributed by atoms with E-state index in [2.05, 4.69) is 55.4 Å². The predicted octanol–water partition coefficient (Wildman–Crippen LogP) is 7.92. The minimum absolute atomic E-state index is 0.00804. The summed E-state index contributed by atoms with van der Waals surface area (Å²) in [6.45, 7) is 21.0. The number of carbonyl (C=O) groups excluding carboxylic acids is 2. The average Bonchev–Trinajstić information content (AvgIpc) is 3.01. The Morgan fingerprint density at radius 2 is 1.54 bits per heavy atom. The number of hydrogen-bond donors (Lipinski definition) is 0. The van der Waals surface area contributed by atoms with Gasteiger partial charge < -0.3 is 4.74 Å². The van der Waals surface area contributed by atoms with E-state index in [9.17, 15) is 9.59 Å². The Hall–Kier alpha value is -1.12. The van der Waals surface area contributed by atoms with Gasteiger partial charge in [-0.2, -0.15) is 0 Å². The van der Waals surface area contributed by atoms with Crippen LogP contribution in [-0.4, -0.2) is 17.9 Å². The van der Waals surface area contributed by atoms with E-state index in [1.165, 1.54) is 44.1 Å². The number of hydrogen-bond acceptors (Lipinski definition) is 3. The second-order valence-corrected chi connectivity index (χ2v) is 15.2. The average molecular weight is 483 g/mol. The Balaban J connectivity index is 1.55. The van der Waals surface area contributed by atoms with Gasteiger partial charge in [0.2, 0.25) is 0 Å². The van der Waals surface area contributed by atoms with Crippen LogP contribution < -0.4 is 0 Å². The van der Waals surface area contributed by atoms with E-state index >= 15 is 0 Å². The highest BCUT2D eigenvalue weighted by Gasteiger charge is 2.69. The van der Waals surface area contributed by atoms with Gasteiger partial charge in [0, 0.05) is 18.8 Å². The van der Waals surface area contributed by atoms with E-state index in [-0.39, 0.29) is 39.1 Å². The standard InChI is InChI=1S/C32H50O3/c1-19(2)26-22(34)18-29(6)16-17-31(8)21(27(26)29)10-11-24-30(7)14-13-25(35-20(3)33)28(4,5)23(30)12-15-32(24,31)9/h19,21,23-25H,10-18H2,1-9H3/t21-,23+,24-,25+,29+,30+,31-,32-/m1/s1. The second-order valence-electron chi connectivity index (χ2n) is 15.2. The zero-order chi connectivity index (χ0) is 25.8. The zero-order valence-electron chi connectivity index (χ0n) is 24.0. The first kappa shape index (κ1) is 25.5. The van der Waals surface area contributed by atoms with Gasteiger partial charge in [0.15, 0.2) is 5.78 Å². The predicted molar refractivity (Wildman–Crippen MR) is 141 cm³/mol. The van der Waals surface area contributed by atoms with Gasteiger partial charge in [-0.3, -0.25) is 9.59 Å². The second kappa shape index (κ2) is 7.70. The van der Waals surface area contributed by atoms with E-state index in [0.29, 0.717) is 29.5 Å². The fraction of sp³-hybridized carbons (Fsp3) is 0.875. The summed E-state index contributed by atoms with van der Waals surface area (Å²) in [6, 6.07) is 0. The Morgan fingerprint density at radius 1 is 0.857 bits per heavy atom. The van der Waals surface area contributed by atoms with Gasteiger partial charge in [-0.05, 0) is 102 Å². The van der Waals surface area contributed by atoms with Crippen LogP contribution >= 0.6 is 0 Å². The quantitative estimate of drug-likeness (QED) is 0.375. The van der Waals surface area contributed by atoms with Gasteiger partial charge in [-0.25, -0.2) is 0 Å². The summed E-state index contributed by atoms with van der Waals surface area (Å²) < 4.78 is 5.89. The van der Waals surface area contributed by atoms with E-state index in [4.69, 9.17) is 4.74 Å². The monoisotopic (exact) mass is 482 g/mol. The molecule has 0 N–H and O–H groups in total. The maximum atomic E-state index is 13.3. The largest absolute Gasteiger partial charge is 0.462 e. The molecular formula is C32H50O3. The van der Waals surface area contributed by atoms with Crippen molar-refractivity contribution >= 4 is 11.8 Å². The Kier molecular flexibility index (Phi) is 5.62. The van der Waals surface area contributed by atoms with Crippen LogP contribution in [0.3, 0.4) is 0 Å². The van der Waals surface area contributed by atoms with Crippen LogP contribution in [0.5, 0.6) is 0 Å². The van der Waals surface area contributed by atoms with Crippen LogP contribution in [0.4, 0.5) is 0 Å². The lowest BCUT2D eigenvalue weighted by molar-refractivity contribution is -0.232. The van der Waals surface area contributed by atoms with Crippen LogP contribution in [0.2, 0.25) is 0 Å². The smallest absolute Gasteiger partial charge is 0.302 e. The van der Waals surface area contributed by atoms with E-state index in [0.717, 1.165) is 19.3 Å². The number of Topliss-reactive ketones (excluding diaryl/α,β-unsaturated/α-hetero) is 1. The summed E-state index contributed by atoms with van der Waals surface area (Å²) in [7, 11) is 0. The Morgan fingerprint density at radius 3 is 2.17 bits per heavy atom. The summed E-state index contributed by atoms with van der Waals surface area (Å²) in [5.41, 5.74) is 3.70. The molecule has 0 radical (unpaired) electrons. The molecule has 4 fully saturated rings. The highest BCUT2D eigenvalue weighted by atomic mass is 16.5. The number of fused-ring (bicyclic) bond motifs is 7. The third kappa shape index (κ3) is 3.21. The van der Waals surface area contributed by atoms with Crippen molar-refractivity contribution in [3.63, 3.8) is 0 Å². The van der Waals surface area contributed by atoms with Gasteiger partial charge in [0.05, 0.1) is 0 Å². The molecule has 5 aliphatic rings. The van der Waals surface area contributed by atoms with Crippen LogP contribution in [0, 0.1) is 50.7 Å². The third-order valence-corrected chi connectivity index (χ3v) is 13.0. The van der Waals surface area contributed by atoms with Gasteiger partial charge in [0.1, 0.15) is 6.10 Å². The Labute approximate surface area is 214 Å². The number of rotatable bonds is 2. The van der Waals surface area contributed by atoms with E-state index in [1.54, 1.807) is 12.5 Å². The topological polar surface area (TPSA) is 43.4 Å². The minimum Gasteiger partial charge on any atom is -0.462 e. The molecule has 35 heavy (non-hydrogen) atoms. The number of ether oxygens (including phenoxy) is 1. The summed E-state index contributed by atoms with van der Waals surface area (Å²) in [5, 5.41) is 0. The van der Waals surface area contributed by atoms with Crippen molar-refractivity contribution in [2.75, 3.05) is 0 Å². The highest BCUT2D eigenvalue weighted by Crippen LogP contribution is 2.76. The van der Waals surface area contributed by atoms with E-state index < -0.39 is 0 Å². The van der Waals surface area contributed by atoms with Gasteiger partial charge >= 0.3 is 5.97 Å². The number of ketones is 1. The van der Waals surface area contributed by atoms with Crippen LogP contribution in [0.1, 0.15) is 120 Å². The first-order valence-electron chi connectivity index (χ1n) is 14.6. The van der Waals surface area contributed by atoms with Crippen molar-refractivity contribution in [1.82, 2.24) is 0 Å². The van der Waals surface area contributed by atoms with Crippen LogP contribution in [0.15, 0.2) is 11.1 Å². The normalized spacial score (nSPS) is 48.7. The molecule has 0 unspecified atom stereocenters. The van der Waals surface area contributed by atoms with Crippen molar-refractivity contribution in [1.29, 1.82) is 0 Å². The molecule has 0 spiro atoms. The molecule has 0 heterocycles. The van der Waals surface area contributed by atoms with Crippen LogP contribution in [-0.2, 0) is 14.3 Å². The van der Waals surface area contributed by atoms with Crippen molar-refractivity contribution in [2.45, 2.75) is 126 Å². The molecule has 0 saturated heterocycles. The molecule has 0 aromatic rings. The van der Waals surface area contributed by atoms with Crippen molar-refractivity contribution in [2.24, 2.45) is 50.7 Å². The molecule has 8 atom stereocenters. The molecule has 0 aromatic heterocycles. The lowest BCUT2D eigenvalue weighted by atomic mass is 9.33. The fourth-order valence-corrected chi connectivity index (χ4v) is 11.3. The molecule has 4 saturated carbocycles. The zero-order valence-corrected chi connectivity index (χ0v) is 24.0. The SMILES string of the molecule is CC(=O)O[C@H]1CC[C@]2(C)[C@H]3CC[C@@H]4C5=C(C(C)C)C(=O)C[C@]5(C)CC[C@@]4(C)[C@]3(C)CC[C@H]2C1(C)C.